The number of aliphatic carboxylic acids is 1. The number of carbonyl (C=O) groups excluding carboxylic acids is 1. The van der Waals surface area contributed by atoms with Gasteiger partial charge in [0.1, 0.15) is 5.75 Å². The minimum Gasteiger partial charge on any atom is -0.494 e. The van der Waals surface area contributed by atoms with Crippen LogP contribution in [0.1, 0.15) is 37.0 Å². The zero-order valence-electron chi connectivity index (χ0n) is 14.6. The summed E-state index contributed by atoms with van der Waals surface area (Å²) in [6.45, 7) is 4.02. The van der Waals surface area contributed by atoms with Gasteiger partial charge in [-0.2, -0.15) is 0 Å². The highest BCUT2D eigenvalue weighted by Gasteiger charge is 2.26. The Labute approximate surface area is 148 Å². The third-order valence-corrected chi connectivity index (χ3v) is 3.60. The van der Waals surface area contributed by atoms with Gasteiger partial charge < -0.3 is 15.6 Å². The summed E-state index contributed by atoms with van der Waals surface area (Å²) >= 11 is 0. The van der Waals surface area contributed by atoms with Gasteiger partial charge >= 0.3 is 5.97 Å². The molecule has 0 fully saturated rings. The van der Waals surface area contributed by atoms with E-state index in [1.807, 2.05) is 36.4 Å². The zero-order valence-corrected chi connectivity index (χ0v) is 14.6. The minimum atomic E-state index is -0.757. The molecule has 0 aromatic heterocycles. The Morgan fingerprint density at radius 3 is 1.96 bits per heavy atom. The van der Waals surface area contributed by atoms with E-state index in [4.69, 9.17) is 15.6 Å². The van der Waals surface area contributed by atoms with Gasteiger partial charge in [-0.15, -0.1) is 0 Å². The molecule has 0 unspecified atom stereocenters. The van der Waals surface area contributed by atoms with Gasteiger partial charge in [0.2, 0.25) is 5.91 Å². The average molecular weight is 343 g/mol. The molecule has 0 bridgehead atoms. The second-order valence-corrected chi connectivity index (χ2v) is 6.18. The van der Waals surface area contributed by atoms with Crippen LogP contribution >= 0.6 is 0 Å². The molecule has 2 aromatic carbocycles. The molecule has 3 N–H and O–H groups in total. The van der Waals surface area contributed by atoms with E-state index >= 15 is 0 Å². The Kier molecular flexibility index (Phi) is 8.19. The molecule has 0 aliphatic rings. The predicted molar refractivity (Wildman–Crippen MR) is 97.5 cm³/mol. The quantitative estimate of drug-likeness (QED) is 0.749. The van der Waals surface area contributed by atoms with Crippen molar-refractivity contribution in [1.29, 1.82) is 0 Å². The SMILES string of the molecule is CC(C)(CCCOc1ccccc1)C(=O)O.NC(=O)c1ccccc1. The monoisotopic (exact) mass is 343 g/mol. The van der Waals surface area contributed by atoms with Crippen molar-refractivity contribution in [3.8, 4) is 5.75 Å². The molecular weight excluding hydrogens is 318 g/mol. The largest absolute Gasteiger partial charge is 0.494 e. The molecular formula is C20H25NO4. The van der Waals surface area contributed by atoms with Crippen LogP contribution in [0.5, 0.6) is 5.75 Å². The molecule has 1 amide bonds. The number of hydrogen-bond acceptors (Lipinski definition) is 3. The second-order valence-electron chi connectivity index (χ2n) is 6.18. The van der Waals surface area contributed by atoms with Crippen molar-refractivity contribution < 1.29 is 19.4 Å². The molecule has 0 heterocycles. The summed E-state index contributed by atoms with van der Waals surface area (Å²) in [6.07, 6.45) is 1.36. The number of amides is 1. The number of carbonyl (C=O) groups is 2. The van der Waals surface area contributed by atoms with Crippen molar-refractivity contribution in [2.45, 2.75) is 26.7 Å². The third-order valence-electron chi connectivity index (χ3n) is 3.60. The fourth-order valence-electron chi connectivity index (χ4n) is 1.93. The summed E-state index contributed by atoms with van der Waals surface area (Å²) in [6, 6.07) is 18.3. The van der Waals surface area contributed by atoms with Crippen LogP contribution in [0.25, 0.3) is 0 Å². The predicted octanol–water partition coefficient (Wildman–Crippen LogP) is 3.74. The summed E-state index contributed by atoms with van der Waals surface area (Å²) in [5.41, 5.74) is 4.86. The van der Waals surface area contributed by atoms with Crippen molar-refractivity contribution in [3.63, 3.8) is 0 Å². The lowest BCUT2D eigenvalue weighted by atomic mass is 9.88. The van der Waals surface area contributed by atoms with Crippen LogP contribution in [0.15, 0.2) is 60.7 Å². The number of rotatable bonds is 7. The topological polar surface area (TPSA) is 89.6 Å². The summed E-state index contributed by atoms with van der Waals surface area (Å²) in [4.78, 5) is 21.3. The number of carboxylic acid groups (broad SMARTS) is 1. The zero-order chi connectivity index (χ0) is 18.7. The highest BCUT2D eigenvalue weighted by molar-refractivity contribution is 5.92. The average Bonchev–Trinajstić information content (AvgIpc) is 2.61. The summed E-state index contributed by atoms with van der Waals surface area (Å²) < 4.78 is 5.49. The molecule has 0 radical (unpaired) electrons. The molecule has 5 heteroatoms. The molecule has 0 aliphatic carbocycles. The van der Waals surface area contributed by atoms with Crippen molar-refractivity contribution in [2.75, 3.05) is 6.61 Å². The van der Waals surface area contributed by atoms with Crippen molar-refractivity contribution in [2.24, 2.45) is 11.1 Å². The second kappa shape index (κ2) is 10.1. The number of ether oxygens (including phenoxy) is 1. The molecule has 2 aromatic rings. The maximum atomic E-state index is 10.8. The Morgan fingerprint density at radius 1 is 1.00 bits per heavy atom. The number of para-hydroxylation sites is 1. The van der Waals surface area contributed by atoms with E-state index in [2.05, 4.69) is 0 Å². The van der Waals surface area contributed by atoms with Crippen LogP contribution in [0.3, 0.4) is 0 Å². The molecule has 25 heavy (non-hydrogen) atoms. The molecule has 134 valence electrons. The van der Waals surface area contributed by atoms with Crippen molar-refractivity contribution in [3.05, 3.63) is 66.2 Å². The Bertz CT molecular complexity index is 654. The fourth-order valence-corrected chi connectivity index (χ4v) is 1.93. The first-order chi connectivity index (χ1) is 11.8. The van der Waals surface area contributed by atoms with E-state index in [9.17, 15) is 9.59 Å². The van der Waals surface area contributed by atoms with Gasteiger partial charge in [-0.05, 0) is 51.0 Å². The van der Waals surface area contributed by atoms with Crippen molar-refractivity contribution in [1.82, 2.24) is 0 Å². The fraction of sp³-hybridized carbons (Fsp3) is 0.300. The number of nitrogens with two attached hydrogens (primary N) is 1. The summed E-state index contributed by atoms with van der Waals surface area (Å²) in [5.74, 6) is -0.307. The Hall–Kier alpha value is -2.82. The first kappa shape index (κ1) is 20.2. The standard InChI is InChI=1S/C13H18O3.C7H7NO/c1-13(2,12(14)15)9-6-10-16-11-7-4-3-5-8-11;8-7(9)6-4-2-1-3-5-6/h3-5,7-8H,6,9-10H2,1-2H3,(H,14,15);1-5H,(H2,8,9). The van der Waals surface area contributed by atoms with E-state index < -0.39 is 11.4 Å². The normalized spacial score (nSPS) is 10.3. The van der Waals surface area contributed by atoms with Gasteiger partial charge in [0.05, 0.1) is 12.0 Å². The molecule has 0 aliphatic heterocycles. The lowest BCUT2D eigenvalue weighted by molar-refractivity contribution is -0.147. The van der Waals surface area contributed by atoms with Crippen molar-refractivity contribution >= 4 is 11.9 Å². The number of carboxylic acids is 1. The minimum absolute atomic E-state index is 0.379. The molecule has 2 rings (SSSR count). The maximum absolute atomic E-state index is 10.8. The Balaban J connectivity index is 0.000000293. The van der Waals surface area contributed by atoms with E-state index in [1.165, 1.54) is 0 Å². The lowest BCUT2D eigenvalue weighted by Gasteiger charge is -2.18. The van der Waals surface area contributed by atoms with Gasteiger partial charge in [0.25, 0.3) is 0 Å². The van der Waals surface area contributed by atoms with Crippen LogP contribution in [-0.2, 0) is 4.79 Å². The molecule has 5 nitrogen and oxygen atoms in total. The highest BCUT2D eigenvalue weighted by Crippen LogP contribution is 2.22. The van der Waals surface area contributed by atoms with E-state index in [-0.39, 0.29) is 5.91 Å². The van der Waals surface area contributed by atoms with Crippen LogP contribution in [-0.4, -0.2) is 23.6 Å². The van der Waals surface area contributed by atoms with E-state index in [1.54, 1.807) is 38.1 Å². The molecule has 0 saturated heterocycles. The third kappa shape index (κ3) is 8.01. The van der Waals surface area contributed by atoms with Gasteiger partial charge in [0.15, 0.2) is 0 Å². The van der Waals surface area contributed by atoms with Gasteiger partial charge in [-0.1, -0.05) is 36.4 Å². The first-order valence-electron chi connectivity index (χ1n) is 8.09. The van der Waals surface area contributed by atoms with Gasteiger partial charge in [-0.3, -0.25) is 9.59 Å². The van der Waals surface area contributed by atoms with Crippen LogP contribution in [0.4, 0.5) is 0 Å². The smallest absolute Gasteiger partial charge is 0.309 e. The Morgan fingerprint density at radius 2 is 1.52 bits per heavy atom. The number of primary amides is 1. The molecule has 0 spiro atoms. The van der Waals surface area contributed by atoms with Crippen LogP contribution in [0, 0.1) is 5.41 Å². The lowest BCUT2D eigenvalue weighted by Crippen LogP contribution is -2.24. The number of benzene rings is 2. The summed E-state index contributed by atoms with van der Waals surface area (Å²) in [7, 11) is 0. The van der Waals surface area contributed by atoms with Crippen LogP contribution < -0.4 is 10.5 Å². The number of hydrogen-bond donors (Lipinski definition) is 2. The first-order valence-corrected chi connectivity index (χ1v) is 8.09. The van der Waals surface area contributed by atoms with Crippen LogP contribution in [0.2, 0.25) is 0 Å². The van der Waals surface area contributed by atoms with E-state index in [0.717, 1.165) is 12.2 Å². The summed E-state index contributed by atoms with van der Waals surface area (Å²) in [5, 5.41) is 8.92. The van der Waals surface area contributed by atoms with Gasteiger partial charge in [0, 0.05) is 5.56 Å². The van der Waals surface area contributed by atoms with E-state index in [0.29, 0.717) is 18.6 Å². The molecule has 0 atom stereocenters. The highest BCUT2D eigenvalue weighted by atomic mass is 16.5. The van der Waals surface area contributed by atoms with Gasteiger partial charge in [-0.25, -0.2) is 0 Å². The molecule has 0 saturated carbocycles. The maximum Gasteiger partial charge on any atom is 0.309 e.